The van der Waals surface area contributed by atoms with Crippen LogP contribution in [0.15, 0.2) is 66.4 Å². The summed E-state index contributed by atoms with van der Waals surface area (Å²) in [5.74, 6) is -0.0693. The van der Waals surface area contributed by atoms with Crippen LogP contribution < -0.4 is 16.0 Å². The van der Waals surface area contributed by atoms with Crippen molar-refractivity contribution in [2.24, 2.45) is 11.8 Å². The molecule has 4 N–H and O–H groups in total. The molecule has 0 radical (unpaired) electrons. The van der Waals surface area contributed by atoms with E-state index < -0.39 is 23.7 Å². The lowest BCUT2D eigenvalue weighted by Gasteiger charge is -2.28. The molecule has 0 aromatic heterocycles. The molecule has 2 aromatic carbocycles. The molecule has 0 heterocycles. The minimum atomic E-state index is -0.717. The van der Waals surface area contributed by atoms with Gasteiger partial charge in [-0.2, -0.15) is 0 Å². The fourth-order valence-electron chi connectivity index (χ4n) is 4.27. The Hall–Kier alpha value is -3.85. The maximum Gasteiger partial charge on any atom is 0.412 e. The lowest BCUT2D eigenvalue weighted by atomic mass is 9.81. The summed E-state index contributed by atoms with van der Waals surface area (Å²) in [6.45, 7) is 6.01. The molecule has 1 saturated carbocycles. The standard InChI is InChI=1S/C30H39N3O6/c1-30(2,3)39-28(36)31-18-22-11-9-21(10-12-22)17-26(27(35)32-25-15-13-23(19-34)14-16-25)33-29(37)38-20-24-7-5-4-6-8-24/h4-8,13-17,21-22,34H,9-12,18-20H2,1-3H3,(H,31,36)(H,32,35)(H,33,37). The van der Waals surface area contributed by atoms with Gasteiger partial charge in [0.2, 0.25) is 0 Å². The van der Waals surface area contributed by atoms with Crippen molar-refractivity contribution in [1.82, 2.24) is 10.6 Å². The van der Waals surface area contributed by atoms with E-state index in [-0.39, 0.29) is 24.8 Å². The van der Waals surface area contributed by atoms with Crippen molar-refractivity contribution < 1.29 is 29.0 Å². The third-order valence-corrected chi connectivity index (χ3v) is 6.32. The van der Waals surface area contributed by atoms with Gasteiger partial charge in [-0.15, -0.1) is 0 Å². The van der Waals surface area contributed by atoms with Gasteiger partial charge in [-0.25, -0.2) is 9.59 Å². The van der Waals surface area contributed by atoms with Crippen LogP contribution in [0.3, 0.4) is 0 Å². The molecule has 9 nitrogen and oxygen atoms in total. The highest BCUT2D eigenvalue weighted by molar-refractivity contribution is 6.05. The van der Waals surface area contributed by atoms with E-state index in [9.17, 15) is 19.5 Å². The number of aliphatic hydroxyl groups excluding tert-OH is 1. The predicted molar refractivity (Wildman–Crippen MR) is 149 cm³/mol. The van der Waals surface area contributed by atoms with Gasteiger partial charge in [-0.05, 0) is 81.5 Å². The highest BCUT2D eigenvalue weighted by Gasteiger charge is 2.24. The van der Waals surface area contributed by atoms with Gasteiger partial charge >= 0.3 is 12.2 Å². The lowest BCUT2D eigenvalue weighted by molar-refractivity contribution is -0.113. The molecule has 0 unspecified atom stereocenters. The Morgan fingerprint density at radius 3 is 2.21 bits per heavy atom. The molecule has 1 fully saturated rings. The number of amides is 3. The number of anilines is 1. The van der Waals surface area contributed by atoms with Crippen LogP contribution in [-0.4, -0.2) is 35.3 Å². The molecule has 3 amide bonds. The van der Waals surface area contributed by atoms with E-state index in [2.05, 4.69) is 16.0 Å². The van der Waals surface area contributed by atoms with Gasteiger partial charge < -0.3 is 25.2 Å². The number of alkyl carbamates (subject to hydrolysis) is 2. The first-order valence-electron chi connectivity index (χ1n) is 13.3. The van der Waals surface area contributed by atoms with E-state index in [1.54, 1.807) is 30.3 Å². The Morgan fingerprint density at radius 1 is 0.923 bits per heavy atom. The Balaban J connectivity index is 1.60. The van der Waals surface area contributed by atoms with Gasteiger partial charge in [0.05, 0.1) is 6.61 Å². The maximum absolute atomic E-state index is 13.1. The highest BCUT2D eigenvalue weighted by atomic mass is 16.6. The van der Waals surface area contributed by atoms with Crippen molar-refractivity contribution in [2.45, 2.75) is 65.3 Å². The lowest BCUT2D eigenvalue weighted by Crippen LogP contribution is -2.36. The van der Waals surface area contributed by atoms with E-state index >= 15 is 0 Å². The van der Waals surface area contributed by atoms with Crippen LogP contribution in [0, 0.1) is 11.8 Å². The second-order valence-corrected chi connectivity index (χ2v) is 10.7. The monoisotopic (exact) mass is 537 g/mol. The average molecular weight is 538 g/mol. The fraction of sp³-hybridized carbons (Fsp3) is 0.433. The van der Waals surface area contributed by atoms with Crippen LogP contribution in [-0.2, 0) is 27.5 Å². The molecule has 0 bridgehead atoms. The highest BCUT2D eigenvalue weighted by Crippen LogP contribution is 2.30. The van der Waals surface area contributed by atoms with Crippen LogP contribution in [0.25, 0.3) is 0 Å². The number of allylic oxidation sites excluding steroid dienone is 1. The van der Waals surface area contributed by atoms with Crippen LogP contribution in [0.1, 0.15) is 57.6 Å². The van der Waals surface area contributed by atoms with Crippen LogP contribution in [0.4, 0.5) is 15.3 Å². The summed E-state index contributed by atoms with van der Waals surface area (Å²) in [5, 5.41) is 17.5. The fourth-order valence-corrected chi connectivity index (χ4v) is 4.27. The molecule has 0 spiro atoms. The zero-order chi connectivity index (χ0) is 28.3. The SMILES string of the molecule is CC(C)(C)OC(=O)NCC1CCC(C=C(NC(=O)OCc2ccccc2)C(=O)Nc2ccc(CO)cc2)CC1. The van der Waals surface area contributed by atoms with Gasteiger partial charge in [0.15, 0.2) is 0 Å². The van der Waals surface area contributed by atoms with E-state index in [1.807, 2.05) is 51.1 Å². The largest absolute Gasteiger partial charge is 0.444 e. The maximum atomic E-state index is 13.1. The topological polar surface area (TPSA) is 126 Å². The van der Waals surface area contributed by atoms with E-state index in [0.717, 1.165) is 36.8 Å². The number of aliphatic hydroxyl groups is 1. The summed E-state index contributed by atoms with van der Waals surface area (Å²) in [4.78, 5) is 37.7. The summed E-state index contributed by atoms with van der Waals surface area (Å²) in [7, 11) is 0. The van der Waals surface area contributed by atoms with E-state index in [1.165, 1.54) is 0 Å². The molecule has 1 aliphatic rings. The van der Waals surface area contributed by atoms with Crippen molar-refractivity contribution in [3.63, 3.8) is 0 Å². The third-order valence-electron chi connectivity index (χ3n) is 6.32. The predicted octanol–water partition coefficient (Wildman–Crippen LogP) is 5.26. The van der Waals surface area contributed by atoms with Gasteiger partial charge in [0.25, 0.3) is 5.91 Å². The average Bonchev–Trinajstić information content (AvgIpc) is 2.91. The number of hydrogen-bond donors (Lipinski definition) is 4. The van der Waals surface area contributed by atoms with Crippen molar-refractivity contribution in [3.8, 4) is 0 Å². The van der Waals surface area contributed by atoms with Gasteiger partial charge in [-0.1, -0.05) is 48.5 Å². The first kappa shape index (κ1) is 29.7. The number of nitrogens with one attached hydrogen (secondary N) is 3. The number of benzene rings is 2. The van der Waals surface area contributed by atoms with Gasteiger partial charge in [0.1, 0.15) is 17.9 Å². The summed E-state index contributed by atoms with van der Waals surface area (Å²) in [6.07, 6.45) is 4.01. The van der Waals surface area contributed by atoms with Gasteiger partial charge in [0, 0.05) is 12.2 Å². The van der Waals surface area contributed by atoms with Crippen LogP contribution in [0.2, 0.25) is 0 Å². The minimum Gasteiger partial charge on any atom is -0.444 e. The molecule has 39 heavy (non-hydrogen) atoms. The summed E-state index contributed by atoms with van der Waals surface area (Å²) >= 11 is 0. The molecule has 0 atom stereocenters. The Kier molecular flexibility index (Phi) is 10.9. The summed E-state index contributed by atoms with van der Waals surface area (Å²) in [6, 6.07) is 16.1. The van der Waals surface area contributed by atoms with Gasteiger partial charge in [-0.3, -0.25) is 10.1 Å². The molecular weight excluding hydrogens is 498 g/mol. The first-order valence-corrected chi connectivity index (χ1v) is 13.3. The third kappa shape index (κ3) is 10.8. The normalized spacial score (nSPS) is 17.6. The number of carbonyl (C=O) groups excluding carboxylic acids is 3. The molecule has 0 aliphatic heterocycles. The number of carbonyl (C=O) groups is 3. The van der Waals surface area contributed by atoms with Crippen LogP contribution >= 0.6 is 0 Å². The Labute approximate surface area is 230 Å². The molecule has 0 saturated heterocycles. The minimum absolute atomic E-state index is 0.0784. The second kappa shape index (κ2) is 14.3. The van der Waals surface area contributed by atoms with Crippen molar-refractivity contribution in [1.29, 1.82) is 0 Å². The molecule has 9 heteroatoms. The number of hydrogen-bond acceptors (Lipinski definition) is 6. The Bertz CT molecular complexity index is 1120. The second-order valence-electron chi connectivity index (χ2n) is 10.7. The van der Waals surface area contributed by atoms with Crippen molar-refractivity contribution in [3.05, 3.63) is 77.5 Å². The molecule has 3 rings (SSSR count). The van der Waals surface area contributed by atoms with Crippen molar-refractivity contribution >= 4 is 23.8 Å². The molecule has 210 valence electrons. The van der Waals surface area contributed by atoms with Crippen LogP contribution in [0.5, 0.6) is 0 Å². The summed E-state index contributed by atoms with van der Waals surface area (Å²) in [5.41, 5.74) is 1.68. The zero-order valence-electron chi connectivity index (χ0n) is 22.9. The molecule has 2 aromatic rings. The quantitative estimate of drug-likeness (QED) is 0.323. The molecule has 1 aliphatic carbocycles. The summed E-state index contributed by atoms with van der Waals surface area (Å²) < 4.78 is 10.6. The smallest absolute Gasteiger partial charge is 0.412 e. The molecular formula is C30H39N3O6. The zero-order valence-corrected chi connectivity index (χ0v) is 22.9. The Morgan fingerprint density at radius 2 is 1.59 bits per heavy atom. The number of ether oxygens (including phenoxy) is 2. The van der Waals surface area contributed by atoms with Crippen molar-refractivity contribution in [2.75, 3.05) is 11.9 Å². The van der Waals surface area contributed by atoms with E-state index in [4.69, 9.17) is 9.47 Å². The number of rotatable bonds is 9. The first-order chi connectivity index (χ1) is 18.6. The van der Waals surface area contributed by atoms with E-state index in [0.29, 0.717) is 18.2 Å².